The molecule has 2 unspecified atom stereocenters. The number of fused-ring (bicyclic) bond motifs is 1. The number of anilines is 2. The predicted molar refractivity (Wildman–Crippen MR) is 176 cm³/mol. The molecule has 3 aliphatic heterocycles. The summed E-state index contributed by atoms with van der Waals surface area (Å²) >= 11 is 0. The van der Waals surface area contributed by atoms with Crippen LogP contribution in [0.15, 0.2) is 18.2 Å². The van der Waals surface area contributed by atoms with E-state index < -0.39 is 17.3 Å². The van der Waals surface area contributed by atoms with Crippen LogP contribution >= 0.6 is 0 Å². The Kier molecular flexibility index (Phi) is 9.85. The number of benzene rings is 1. The molecule has 0 radical (unpaired) electrons. The van der Waals surface area contributed by atoms with Gasteiger partial charge in [-0.3, -0.25) is 9.59 Å². The Bertz CT molecular complexity index is 1290. The van der Waals surface area contributed by atoms with Gasteiger partial charge in [-0.1, -0.05) is 13.8 Å². The number of methoxy groups -OCH3 is 1. The number of nitrogens with one attached hydrogen (secondary N) is 1. The molecule has 5 rings (SSSR count). The van der Waals surface area contributed by atoms with Crippen molar-refractivity contribution in [2.45, 2.75) is 117 Å². The van der Waals surface area contributed by atoms with Crippen LogP contribution in [0, 0.1) is 17.8 Å². The fourth-order valence-electron chi connectivity index (χ4n) is 6.46. The van der Waals surface area contributed by atoms with Gasteiger partial charge in [0, 0.05) is 57.0 Å². The van der Waals surface area contributed by atoms with E-state index >= 15 is 0 Å². The molecule has 1 aromatic carbocycles. The molecule has 1 aromatic rings. The fraction of sp³-hybridized carbons (Fsp3) is 0.743. The SMILES string of the molecule is COCCCN1C(=O)C(C)(C)Oc2ccc(N(C3CC3)C3OC3[C@@H]3C[C@H](C(=O)N[C@@H](C)C(C)C)CN(C(=O)OC(C)(C)C)C3)cc21. The molecule has 5 atom stereocenters. The molecule has 0 spiro atoms. The van der Waals surface area contributed by atoms with Gasteiger partial charge < -0.3 is 39.0 Å². The van der Waals surface area contributed by atoms with E-state index in [1.807, 2.05) is 50.8 Å². The van der Waals surface area contributed by atoms with Crippen molar-refractivity contribution >= 4 is 29.3 Å². The zero-order valence-electron chi connectivity index (χ0n) is 29.1. The maximum atomic E-state index is 13.5. The largest absolute Gasteiger partial charge is 0.476 e. The topological polar surface area (TPSA) is 113 Å². The second kappa shape index (κ2) is 13.2. The van der Waals surface area contributed by atoms with E-state index in [9.17, 15) is 14.4 Å². The molecule has 256 valence electrons. The Morgan fingerprint density at radius 2 is 1.87 bits per heavy atom. The molecular formula is C35H54N4O7. The fourth-order valence-corrected chi connectivity index (χ4v) is 6.46. The number of ether oxygens (including phenoxy) is 4. The average molecular weight is 643 g/mol. The number of epoxide rings is 1. The molecule has 2 saturated heterocycles. The molecule has 4 aliphatic rings. The van der Waals surface area contributed by atoms with Gasteiger partial charge in [0.05, 0.1) is 11.6 Å². The molecule has 0 aromatic heterocycles. The maximum Gasteiger partial charge on any atom is 0.410 e. The van der Waals surface area contributed by atoms with Crippen molar-refractivity contribution in [2.24, 2.45) is 17.8 Å². The van der Waals surface area contributed by atoms with Gasteiger partial charge in [-0.2, -0.15) is 0 Å². The summed E-state index contributed by atoms with van der Waals surface area (Å²) in [4.78, 5) is 46.0. The zero-order chi connectivity index (χ0) is 33.6. The molecule has 3 heterocycles. The first-order chi connectivity index (χ1) is 21.6. The molecule has 3 amide bonds. The summed E-state index contributed by atoms with van der Waals surface area (Å²) < 4.78 is 23.6. The zero-order valence-corrected chi connectivity index (χ0v) is 29.1. The first-order valence-electron chi connectivity index (χ1n) is 17.0. The van der Waals surface area contributed by atoms with Crippen molar-refractivity contribution in [2.75, 3.05) is 43.2 Å². The van der Waals surface area contributed by atoms with Crippen molar-refractivity contribution in [1.29, 1.82) is 0 Å². The monoisotopic (exact) mass is 642 g/mol. The van der Waals surface area contributed by atoms with Crippen LogP contribution in [0.1, 0.15) is 81.1 Å². The molecule has 11 heteroatoms. The van der Waals surface area contributed by atoms with E-state index in [0.29, 0.717) is 56.8 Å². The van der Waals surface area contributed by atoms with E-state index in [1.54, 1.807) is 25.9 Å². The van der Waals surface area contributed by atoms with Crippen LogP contribution in [0.2, 0.25) is 0 Å². The lowest BCUT2D eigenvalue weighted by atomic mass is 9.85. The van der Waals surface area contributed by atoms with Crippen molar-refractivity contribution < 1.29 is 33.3 Å². The number of likely N-dealkylation sites (tertiary alicyclic amines) is 1. The number of carbonyl (C=O) groups is 3. The average Bonchev–Trinajstić information content (AvgIpc) is 3.91. The highest BCUT2D eigenvalue weighted by Crippen LogP contribution is 2.48. The molecule has 1 N–H and O–H groups in total. The standard InChI is InChI=1S/C35H54N4O7/c1-21(2)22(3)36-30(40)24-17-23(19-37(20-24)33(42)46-34(4,5)6)29-31(44-29)39(25-11-12-25)26-13-14-28-27(18-26)38(15-10-16-43-9)32(41)35(7,8)45-28/h13-14,18,21-25,29,31H,10-12,15-17,19-20H2,1-9H3,(H,36,40)/t22-,23+,24-,29?,31?/m0/s1. The smallest absolute Gasteiger partial charge is 0.410 e. The van der Waals surface area contributed by atoms with E-state index in [0.717, 1.165) is 24.2 Å². The lowest BCUT2D eigenvalue weighted by molar-refractivity contribution is -0.132. The van der Waals surface area contributed by atoms with E-state index in [1.165, 1.54) is 0 Å². The lowest BCUT2D eigenvalue weighted by Crippen LogP contribution is -2.53. The van der Waals surface area contributed by atoms with Crippen LogP contribution in [-0.2, 0) is 23.8 Å². The third-order valence-corrected chi connectivity index (χ3v) is 9.44. The van der Waals surface area contributed by atoms with Gasteiger partial charge in [0.25, 0.3) is 5.91 Å². The molecule has 3 fully saturated rings. The van der Waals surface area contributed by atoms with Crippen LogP contribution in [0.25, 0.3) is 0 Å². The molecule has 1 saturated carbocycles. The van der Waals surface area contributed by atoms with Crippen LogP contribution in [-0.4, -0.2) is 91.8 Å². The minimum absolute atomic E-state index is 0.0256. The minimum Gasteiger partial charge on any atom is -0.476 e. The van der Waals surface area contributed by atoms with Gasteiger partial charge in [0.2, 0.25) is 5.91 Å². The second-order valence-corrected chi connectivity index (χ2v) is 15.3. The number of rotatable bonds is 11. The van der Waals surface area contributed by atoms with Crippen LogP contribution in [0.3, 0.4) is 0 Å². The van der Waals surface area contributed by atoms with E-state index in [4.69, 9.17) is 18.9 Å². The van der Waals surface area contributed by atoms with Gasteiger partial charge in [0.1, 0.15) is 17.5 Å². The Morgan fingerprint density at radius 3 is 2.50 bits per heavy atom. The number of nitrogens with zero attached hydrogens (tertiary/aromatic N) is 3. The van der Waals surface area contributed by atoms with Crippen molar-refractivity contribution in [3.63, 3.8) is 0 Å². The summed E-state index contributed by atoms with van der Waals surface area (Å²) in [5.41, 5.74) is 0.130. The first-order valence-corrected chi connectivity index (χ1v) is 17.0. The van der Waals surface area contributed by atoms with Crippen molar-refractivity contribution in [3.8, 4) is 5.75 Å². The summed E-state index contributed by atoms with van der Waals surface area (Å²) in [5, 5.41) is 3.16. The van der Waals surface area contributed by atoms with Gasteiger partial charge >= 0.3 is 6.09 Å². The second-order valence-electron chi connectivity index (χ2n) is 15.3. The number of piperidine rings is 1. The minimum atomic E-state index is -0.959. The molecule has 11 nitrogen and oxygen atoms in total. The molecular weight excluding hydrogens is 588 g/mol. The quantitative estimate of drug-likeness (QED) is 0.267. The highest BCUT2D eigenvalue weighted by Gasteiger charge is 2.55. The van der Waals surface area contributed by atoms with Gasteiger partial charge in [-0.05, 0) is 91.3 Å². The lowest BCUT2D eigenvalue weighted by Gasteiger charge is -2.39. The van der Waals surface area contributed by atoms with Crippen molar-refractivity contribution in [3.05, 3.63) is 18.2 Å². The highest BCUT2D eigenvalue weighted by molar-refractivity contribution is 6.02. The Balaban J connectivity index is 1.37. The van der Waals surface area contributed by atoms with E-state index in [2.05, 4.69) is 24.1 Å². The number of hydrogen-bond donors (Lipinski definition) is 1. The van der Waals surface area contributed by atoms with Gasteiger partial charge in [0.15, 0.2) is 11.8 Å². The van der Waals surface area contributed by atoms with Crippen LogP contribution in [0.4, 0.5) is 16.2 Å². The predicted octanol–water partition coefficient (Wildman–Crippen LogP) is 4.95. The molecule has 1 aliphatic carbocycles. The summed E-state index contributed by atoms with van der Waals surface area (Å²) in [6.45, 7) is 17.2. The number of hydrogen-bond acceptors (Lipinski definition) is 8. The maximum absolute atomic E-state index is 13.5. The first kappa shape index (κ1) is 34.3. The van der Waals surface area contributed by atoms with Crippen LogP contribution < -0.4 is 19.9 Å². The number of amides is 3. The van der Waals surface area contributed by atoms with Gasteiger partial charge in [-0.25, -0.2) is 4.79 Å². The third-order valence-electron chi connectivity index (χ3n) is 9.44. The Labute approximate surface area is 274 Å². The van der Waals surface area contributed by atoms with Crippen molar-refractivity contribution in [1.82, 2.24) is 10.2 Å². The summed E-state index contributed by atoms with van der Waals surface area (Å²) in [5.74, 6) is 0.473. The highest BCUT2D eigenvalue weighted by atomic mass is 16.6. The molecule has 46 heavy (non-hydrogen) atoms. The molecule has 0 bridgehead atoms. The Hall–Kier alpha value is -3.05. The van der Waals surface area contributed by atoms with Crippen LogP contribution in [0.5, 0.6) is 5.75 Å². The van der Waals surface area contributed by atoms with Gasteiger partial charge in [-0.15, -0.1) is 0 Å². The Morgan fingerprint density at radius 1 is 1.15 bits per heavy atom. The summed E-state index contributed by atoms with van der Waals surface area (Å²) in [7, 11) is 1.66. The number of carbonyl (C=O) groups excluding carboxylic acids is 3. The summed E-state index contributed by atoms with van der Waals surface area (Å²) in [6.07, 6.45) is 2.71. The third kappa shape index (κ3) is 7.73. The van der Waals surface area contributed by atoms with E-state index in [-0.39, 0.29) is 42.0 Å². The summed E-state index contributed by atoms with van der Waals surface area (Å²) in [6, 6.07) is 6.40. The normalized spacial score (nSPS) is 26.3.